The van der Waals surface area contributed by atoms with Crippen LogP contribution in [0.15, 0.2) is 28.3 Å². The third-order valence-electron chi connectivity index (χ3n) is 2.13. The number of rotatable bonds is 2. The van der Waals surface area contributed by atoms with Gasteiger partial charge in [-0.05, 0) is 28.9 Å². The van der Waals surface area contributed by atoms with Gasteiger partial charge in [0.05, 0.1) is 4.47 Å². The second-order valence-corrected chi connectivity index (χ2v) is 4.29. The van der Waals surface area contributed by atoms with E-state index in [1.807, 2.05) is 0 Å². The Morgan fingerprint density at radius 1 is 1.41 bits per heavy atom. The molecule has 0 radical (unpaired) electrons. The van der Waals surface area contributed by atoms with E-state index in [2.05, 4.69) is 15.9 Å². The molecule has 1 aromatic carbocycles. The number of esters is 1. The number of halogens is 3. The largest absolute Gasteiger partial charge is 0.447 e. The van der Waals surface area contributed by atoms with Gasteiger partial charge in [0.1, 0.15) is 5.82 Å². The fourth-order valence-electron chi connectivity index (χ4n) is 1.32. The molecule has 0 aliphatic carbocycles. The molecule has 0 fully saturated rings. The summed E-state index contributed by atoms with van der Waals surface area (Å²) in [6.45, 7) is 1.56. The van der Waals surface area contributed by atoms with E-state index in [1.165, 1.54) is 6.08 Å². The third-order valence-corrected chi connectivity index (χ3v) is 2.72. The lowest BCUT2D eigenvalue weighted by Crippen LogP contribution is -2.16. The highest BCUT2D eigenvalue weighted by Crippen LogP contribution is 2.31. The molecule has 6 heteroatoms. The van der Waals surface area contributed by atoms with Crippen LogP contribution in [-0.4, -0.2) is 12.3 Å². The van der Waals surface area contributed by atoms with Crippen LogP contribution in [0.3, 0.4) is 0 Å². The van der Waals surface area contributed by atoms with Crippen LogP contribution in [0, 0.1) is 11.6 Å². The number of ether oxygens (including phenoxy) is 2. The Labute approximate surface area is 104 Å². The number of benzene rings is 1. The van der Waals surface area contributed by atoms with Gasteiger partial charge in [0.2, 0.25) is 0 Å². The summed E-state index contributed by atoms with van der Waals surface area (Å²) in [4.78, 5) is 11.1. The van der Waals surface area contributed by atoms with Crippen molar-refractivity contribution in [3.8, 4) is 5.75 Å². The number of hydrogen-bond acceptors (Lipinski definition) is 3. The molecule has 0 saturated carbocycles. The molecular weight excluding hydrogens is 298 g/mol. The Morgan fingerprint density at radius 2 is 2.12 bits per heavy atom. The molecule has 0 aromatic heterocycles. The maximum absolute atomic E-state index is 13.4. The standard InChI is InChI=1S/C11H7BrF2O3/c1-5-2-9(17-11(5)15)16-10-7(12)3-6(13)4-8(10)14/h2-4,9H,1H3. The first kappa shape index (κ1) is 12.0. The van der Waals surface area contributed by atoms with Gasteiger partial charge in [-0.1, -0.05) is 0 Å². The predicted molar refractivity (Wildman–Crippen MR) is 58.3 cm³/mol. The van der Waals surface area contributed by atoms with Crippen molar-refractivity contribution < 1.29 is 23.0 Å². The van der Waals surface area contributed by atoms with E-state index in [4.69, 9.17) is 9.47 Å². The number of carbonyl (C=O) groups is 1. The predicted octanol–water partition coefficient (Wildman–Crippen LogP) is 2.94. The monoisotopic (exact) mass is 304 g/mol. The Kier molecular flexibility index (Phi) is 3.15. The first-order valence-electron chi connectivity index (χ1n) is 4.68. The summed E-state index contributed by atoms with van der Waals surface area (Å²) in [7, 11) is 0. The van der Waals surface area contributed by atoms with Crippen LogP contribution in [-0.2, 0) is 9.53 Å². The molecule has 1 atom stereocenters. The average molecular weight is 305 g/mol. The first-order chi connectivity index (χ1) is 7.97. The minimum absolute atomic E-state index is 0.115. The normalized spacial score (nSPS) is 18.9. The lowest BCUT2D eigenvalue weighted by molar-refractivity contribution is -0.148. The fourth-order valence-corrected chi connectivity index (χ4v) is 1.82. The van der Waals surface area contributed by atoms with Crippen molar-refractivity contribution in [2.75, 3.05) is 0 Å². The Bertz CT molecular complexity index is 490. The molecule has 0 spiro atoms. The SMILES string of the molecule is CC1=CC(Oc2c(F)cc(F)cc2Br)OC1=O. The van der Waals surface area contributed by atoms with E-state index < -0.39 is 23.9 Å². The zero-order chi connectivity index (χ0) is 12.6. The topological polar surface area (TPSA) is 35.5 Å². The summed E-state index contributed by atoms with van der Waals surface area (Å²) >= 11 is 2.97. The van der Waals surface area contributed by atoms with E-state index in [0.717, 1.165) is 6.07 Å². The second kappa shape index (κ2) is 4.44. The van der Waals surface area contributed by atoms with Crippen molar-refractivity contribution in [2.24, 2.45) is 0 Å². The smallest absolute Gasteiger partial charge is 0.336 e. The molecule has 2 rings (SSSR count). The number of carbonyl (C=O) groups excluding carboxylic acids is 1. The molecule has 1 aliphatic rings. The van der Waals surface area contributed by atoms with Gasteiger partial charge in [0.15, 0.2) is 11.6 Å². The van der Waals surface area contributed by atoms with Crippen LogP contribution >= 0.6 is 15.9 Å². The fraction of sp³-hybridized carbons (Fsp3) is 0.182. The van der Waals surface area contributed by atoms with Gasteiger partial charge in [-0.3, -0.25) is 0 Å². The van der Waals surface area contributed by atoms with Gasteiger partial charge in [0, 0.05) is 17.7 Å². The number of hydrogen-bond donors (Lipinski definition) is 0. The summed E-state index contributed by atoms with van der Waals surface area (Å²) in [5, 5.41) is 0. The maximum atomic E-state index is 13.4. The van der Waals surface area contributed by atoms with Crippen LogP contribution in [0.2, 0.25) is 0 Å². The third kappa shape index (κ3) is 2.46. The molecule has 90 valence electrons. The average Bonchev–Trinajstić information content (AvgIpc) is 2.52. The molecule has 1 unspecified atom stereocenters. The number of cyclic esters (lactones) is 1. The first-order valence-corrected chi connectivity index (χ1v) is 5.47. The minimum Gasteiger partial charge on any atom is -0.447 e. The summed E-state index contributed by atoms with van der Waals surface area (Å²) in [6, 6.07) is 1.75. The molecule has 0 N–H and O–H groups in total. The van der Waals surface area contributed by atoms with Crippen molar-refractivity contribution in [3.63, 3.8) is 0 Å². The van der Waals surface area contributed by atoms with Gasteiger partial charge in [-0.25, -0.2) is 13.6 Å². The van der Waals surface area contributed by atoms with E-state index in [1.54, 1.807) is 6.92 Å². The lowest BCUT2D eigenvalue weighted by atomic mass is 10.3. The summed E-state index contributed by atoms with van der Waals surface area (Å²) in [5.41, 5.74) is 0.383. The van der Waals surface area contributed by atoms with Gasteiger partial charge in [-0.2, -0.15) is 0 Å². The molecule has 0 saturated heterocycles. The Hall–Kier alpha value is -1.43. The van der Waals surface area contributed by atoms with Gasteiger partial charge < -0.3 is 9.47 Å². The molecule has 3 nitrogen and oxygen atoms in total. The molecule has 1 heterocycles. The van der Waals surface area contributed by atoms with Crippen molar-refractivity contribution in [3.05, 3.63) is 39.9 Å². The quantitative estimate of drug-likeness (QED) is 0.788. The summed E-state index contributed by atoms with van der Waals surface area (Å²) in [6.07, 6.45) is 0.427. The van der Waals surface area contributed by atoms with Crippen molar-refractivity contribution >= 4 is 21.9 Å². The Balaban J connectivity index is 2.23. The molecule has 1 aromatic rings. The van der Waals surface area contributed by atoms with Gasteiger partial charge in [-0.15, -0.1) is 0 Å². The van der Waals surface area contributed by atoms with Crippen molar-refractivity contribution in [1.29, 1.82) is 0 Å². The molecule has 1 aliphatic heterocycles. The van der Waals surface area contributed by atoms with Crippen molar-refractivity contribution in [1.82, 2.24) is 0 Å². The Morgan fingerprint density at radius 3 is 2.65 bits per heavy atom. The van der Waals surface area contributed by atoms with Crippen LogP contribution < -0.4 is 4.74 Å². The van der Waals surface area contributed by atoms with Crippen LogP contribution in [0.5, 0.6) is 5.75 Å². The second-order valence-electron chi connectivity index (χ2n) is 3.44. The molecule has 0 amide bonds. The van der Waals surface area contributed by atoms with Crippen LogP contribution in [0.4, 0.5) is 8.78 Å². The molecule has 17 heavy (non-hydrogen) atoms. The van der Waals surface area contributed by atoms with Crippen LogP contribution in [0.1, 0.15) is 6.92 Å². The summed E-state index contributed by atoms with van der Waals surface area (Å²) < 4.78 is 36.2. The summed E-state index contributed by atoms with van der Waals surface area (Å²) in [5.74, 6) is -2.31. The highest BCUT2D eigenvalue weighted by Gasteiger charge is 2.25. The van der Waals surface area contributed by atoms with Crippen molar-refractivity contribution in [2.45, 2.75) is 13.2 Å². The lowest BCUT2D eigenvalue weighted by Gasteiger charge is -2.13. The molecular formula is C11H7BrF2O3. The van der Waals surface area contributed by atoms with E-state index in [-0.39, 0.29) is 10.2 Å². The van der Waals surface area contributed by atoms with E-state index in [0.29, 0.717) is 11.6 Å². The zero-order valence-electron chi connectivity index (χ0n) is 8.67. The van der Waals surface area contributed by atoms with Crippen LogP contribution in [0.25, 0.3) is 0 Å². The highest BCUT2D eigenvalue weighted by atomic mass is 79.9. The highest BCUT2D eigenvalue weighted by molar-refractivity contribution is 9.10. The zero-order valence-corrected chi connectivity index (χ0v) is 10.3. The maximum Gasteiger partial charge on any atom is 0.336 e. The van der Waals surface area contributed by atoms with E-state index >= 15 is 0 Å². The molecule has 0 bridgehead atoms. The van der Waals surface area contributed by atoms with E-state index in [9.17, 15) is 13.6 Å². The van der Waals surface area contributed by atoms with Gasteiger partial charge >= 0.3 is 5.97 Å². The van der Waals surface area contributed by atoms with Gasteiger partial charge in [0.25, 0.3) is 6.29 Å². The minimum atomic E-state index is -0.987.